The van der Waals surface area contributed by atoms with Gasteiger partial charge in [-0.3, -0.25) is 9.59 Å². The Bertz CT molecular complexity index is 1110. The van der Waals surface area contributed by atoms with Crippen molar-refractivity contribution in [2.45, 2.75) is 31.8 Å². The average Bonchev–Trinajstić information content (AvgIpc) is 3.52. The van der Waals surface area contributed by atoms with Gasteiger partial charge in [-0.2, -0.15) is 0 Å². The predicted molar refractivity (Wildman–Crippen MR) is 122 cm³/mol. The molecule has 0 bridgehead atoms. The molecule has 0 radical (unpaired) electrons. The number of nitrogens with zero attached hydrogens (tertiary/aromatic N) is 2. The number of hydrogen-bond donors (Lipinski definition) is 0. The van der Waals surface area contributed by atoms with Crippen LogP contribution in [0.1, 0.15) is 24.0 Å². The molecular weight excluding hydrogens is 436 g/mol. The van der Waals surface area contributed by atoms with Crippen LogP contribution in [0.4, 0.5) is 4.79 Å². The number of likely N-dealkylation sites (tertiary alicyclic amines) is 1. The normalized spacial score (nSPS) is 22.8. The molecule has 3 fully saturated rings. The molecule has 0 aromatic heterocycles. The number of carbonyl (C=O) groups is 3. The molecule has 34 heavy (non-hydrogen) atoms. The van der Waals surface area contributed by atoms with Crippen LogP contribution >= 0.6 is 0 Å². The summed E-state index contributed by atoms with van der Waals surface area (Å²) >= 11 is 0. The highest BCUT2D eigenvalue weighted by Crippen LogP contribution is 2.58. The number of methoxy groups -OCH3 is 2. The minimum absolute atomic E-state index is 0.0316. The monoisotopic (exact) mass is 464 g/mol. The van der Waals surface area contributed by atoms with Crippen molar-refractivity contribution in [3.05, 3.63) is 59.7 Å². The van der Waals surface area contributed by atoms with Gasteiger partial charge in [-0.15, -0.1) is 0 Å². The molecule has 8 nitrogen and oxygen atoms in total. The molecule has 5 rings (SSSR count). The van der Waals surface area contributed by atoms with Crippen LogP contribution in [0.3, 0.4) is 0 Å². The summed E-state index contributed by atoms with van der Waals surface area (Å²) in [6.45, 7) is 0.768. The van der Waals surface area contributed by atoms with Gasteiger partial charge in [-0.25, -0.2) is 9.69 Å². The van der Waals surface area contributed by atoms with Gasteiger partial charge < -0.3 is 19.1 Å². The molecule has 0 N–H and O–H groups in total. The summed E-state index contributed by atoms with van der Waals surface area (Å²) in [6, 6.07) is 14.8. The molecule has 1 saturated carbocycles. The van der Waals surface area contributed by atoms with Crippen molar-refractivity contribution in [1.82, 2.24) is 9.80 Å². The van der Waals surface area contributed by atoms with Crippen molar-refractivity contribution in [2.75, 3.05) is 27.4 Å². The summed E-state index contributed by atoms with van der Waals surface area (Å²) in [7, 11) is 3.16. The molecule has 2 aromatic rings. The summed E-state index contributed by atoms with van der Waals surface area (Å²) < 4.78 is 16.0. The third-order valence-electron chi connectivity index (χ3n) is 7.24. The zero-order valence-corrected chi connectivity index (χ0v) is 19.4. The first kappa shape index (κ1) is 22.3. The van der Waals surface area contributed by atoms with E-state index in [1.54, 1.807) is 25.2 Å². The Morgan fingerprint density at radius 1 is 1.09 bits per heavy atom. The van der Waals surface area contributed by atoms with E-state index in [9.17, 15) is 14.4 Å². The smallest absolute Gasteiger partial charge is 0.416 e. The maximum absolute atomic E-state index is 13.7. The molecule has 2 saturated heterocycles. The molecule has 1 unspecified atom stereocenters. The number of benzene rings is 2. The lowest BCUT2D eigenvalue weighted by Gasteiger charge is -2.24. The van der Waals surface area contributed by atoms with Crippen LogP contribution < -0.4 is 9.47 Å². The molecular formula is C26H28N2O6. The number of rotatable bonds is 7. The van der Waals surface area contributed by atoms with Crippen LogP contribution in [0.2, 0.25) is 0 Å². The van der Waals surface area contributed by atoms with Gasteiger partial charge in [0, 0.05) is 24.7 Å². The Balaban J connectivity index is 1.35. The van der Waals surface area contributed by atoms with Crippen LogP contribution in [0.15, 0.2) is 48.5 Å². The van der Waals surface area contributed by atoms with Crippen molar-refractivity contribution in [3.8, 4) is 11.5 Å². The zero-order valence-electron chi connectivity index (χ0n) is 19.4. The van der Waals surface area contributed by atoms with Gasteiger partial charge in [0.25, 0.3) is 0 Å². The number of hydrogen-bond acceptors (Lipinski definition) is 6. The molecule has 2 atom stereocenters. The van der Waals surface area contributed by atoms with Crippen LogP contribution in [0.5, 0.6) is 11.5 Å². The van der Waals surface area contributed by atoms with E-state index in [-0.39, 0.29) is 31.0 Å². The zero-order chi connectivity index (χ0) is 23.9. The van der Waals surface area contributed by atoms with Gasteiger partial charge in [0.05, 0.1) is 31.6 Å². The van der Waals surface area contributed by atoms with Crippen molar-refractivity contribution in [3.63, 3.8) is 0 Å². The highest BCUT2D eigenvalue weighted by Gasteiger charge is 2.65. The van der Waals surface area contributed by atoms with E-state index in [0.717, 1.165) is 11.1 Å². The fraction of sp³-hybridized carbons (Fsp3) is 0.423. The first-order valence-electron chi connectivity index (χ1n) is 11.5. The lowest BCUT2D eigenvalue weighted by molar-refractivity contribution is -0.138. The summed E-state index contributed by atoms with van der Waals surface area (Å²) in [6.07, 6.45) is 1.22. The Kier molecular flexibility index (Phi) is 5.67. The fourth-order valence-electron chi connectivity index (χ4n) is 5.21. The van der Waals surface area contributed by atoms with E-state index >= 15 is 0 Å². The SMILES string of the molecule is COc1ccc(CN2CC(C(=O)N3C(=O)OC[C@H]3Cc3ccccc3)C3(CC3)C2=O)c(OC)c1. The predicted octanol–water partition coefficient (Wildman–Crippen LogP) is 3.03. The van der Waals surface area contributed by atoms with Gasteiger partial charge in [0.15, 0.2) is 0 Å². The highest BCUT2D eigenvalue weighted by atomic mass is 16.6. The van der Waals surface area contributed by atoms with E-state index < -0.39 is 17.4 Å². The third kappa shape index (κ3) is 3.77. The van der Waals surface area contributed by atoms with E-state index in [2.05, 4.69) is 0 Å². The molecule has 3 aliphatic rings. The van der Waals surface area contributed by atoms with E-state index in [1.165, 1.54) is 4.90 Å². The van der Waals surface area contributed by atoms with Crippen LogP contribution in [-0.2, 0) is 27.3 Å². The van der Waals surface area contributed by atoms with E-state index in [0.29, 0.717) is 37.3 Å². The summed E-state index contributed by atoms with van der Waals surface area (Å²) in [5.41, 5.74) is 1.15. The Morgan fingerprint density at radius 3 is 2.53 bits per heavy atom. The van der Waals surface area contributed by atoms with Gasteiger partial charge >= 0.3 is 6.09 Å². The third-order valence-corrected chi connectivity index (χ3v) is 7.24. The first-order chi connectivity index (χ1) is 16.5. The topological polar surface area (TPSA) is 85.4 Å². The largest absolute Gasteiger partial charge is 0.497 e. The fourth-order valence-corrected chi connectivity index (χ4v) is 5.21. The summed E-state index contributed by atoms with van der Waals surface area (Å²) in [5.74, 6) is 0.387. The van der Waals surface area contributed by atoms with Crippen molar-refractivity contribution >= 4 is 17.9 Å². The Labute approximate surface area is 198 Å². The van der Waals surface area contributed by atoms with Crippen molar-refractivity contribution in [2.24, 2.45) is 11.3 Å². The second-order valence-electron chi connectivity index (χ2n) is 9.20. The number of amides is 3. The van der Waals surface area contributed by atoms with Gasteiger partial charge in [-0.05, 0) is 37.0 Å². The van der Waals surface area contributed by atoms with Crippen molar-refractivity contribution < 1.29 is 28.6 Å². The number of ether oxygens (including phenoxy) is 3. The minimum atomic E-state index is -0.711. The minimum Gasteiger partial charge on any atom is -0.497 e. The highest BCUT2D eigenvalue weighted by molar-refractivity contribution is 6.01. The van der Waals surface area contributed by atoms with Crippen molar-refractivity contribution in [1.29, 1.82) is 0 Å². The second-order valence-corrected chi connectivity index (χ2v) is 9.20. The summed E-state index contributed by atoms with van der Waals surface area (Å²) in [5, 5.41) is 0. The molecule has 8 heteroatoms. The lowest BCUT2D eigenvalue weighted by Crippen LogP contribution is -2.46. The van der Waals surface area contributed by atoms with Crippen LogP contribution in [0, 0.1) is 11.3 Å². The average molecular weight is 465 g/mol. The van der Waals surface area contributed by atoms with Gasteiger partial charge in [0.1, 0.15) is 18.1 Å². The standard InChI is InChI=1S/C26H28N2O6/c1-32-20-9-8-18(22(13-20)33-2)14-27-15-21(26(10-11-26)24(27)30)23(29)28-19(16-34-25(28)31)12-17-6-4-3-5-7-17/h3-9,13,19,21H,10-12,14-16H2,1-2H3/t19-,21?/m1/s1. The van der Waals surface area contributed by atoms with Gasteiger partial charge in [0.2, 0.25) is 11.8 Å². The number of cyclic esters (lactones) is 1. The molecule has 3 amide bonds. The quantitative estimate of drug-likeness (QED) is 0.626. The summed E-state index contributed by atoms with van der Waals surface area (Å²) in [4.78, 5) is 42.6. The second kappa shape index (κ2) is 8.66. The molecule has 2 aliphatic heterocycles. The maximum Gasteiger partial charge on any atom is 0.416 e. The molecule has 1 spiro atoms. The lowest BCUT2D eigenvalue weighted by atomic mass is 9.90. The van der Waals surface area contributed by atoms with E-state index in [1.807, 2.05) is 42.5 Å². The molecule has 178 valence electrons. The molecule has 1 aliphatic carbocycles. The first-order valence-corrected chi connectivity index (χ1v) is 11.5. The maximum atomic E-state index is 13.7. The van der Waals surface area contributed by atoms with Crippen LogP contribution in [-0.4, -0.2) is 61.1 Å². The van der Waals surface area contributed by atoms with Crippen LogP contribution in [0.25, 0.3) is 0 Å². The Hall–Kier alpha value is -3.55. The molecule has 2 heterocycles. The molecule has 2 aromatic carbocycles. The number of imide groups is 1. The van der Waals surface area contributed by atoms with Gasteiger partial charge in [-0.1, -0.05) is 30.3 Å². The van der Waals surface area contributed by atoms with E-state index in [4.69, 9.17) is 14.2 Å². The number of carbonyl (C=O) groups excluding carboxylic acids is 3. The Morgan fingerprint density at radius 2 is 1.85 bits per heavy atom.